The minimum absolute atomic E-state index is 0.0716. The summed E-state index contributed by atoms with van der Waals surface area (Å²) < 4.78 is 0. The fourth-order valence-corrected chi connectivity index (χ4v) is 2.15. The predicted molar refractivity (Wildman–Crippen MR) is 77.3 cm³/mol. The summed E-state index contributed by atoms with van der Waals surface area (Å²) in [5.74, 6) is -1.78. The molecule has 3 N–H and O–H groups in total. The van der Waals surface area contributed by atoms with Crippen molar-refractivity contribution in [3.8, 4) is 0 Å². The molecular formula is C14H13ClN2O4. The van der Waals surface area contributed by atoms with Crippen LogP contribution in [0.3, 0.4) is 0 Å². The third-order valence-corrected chi connectivity index (χ3v) is 3.14. The van der Waals surface area contributed by atoms with Gasteiger partial charge in [0.05, 0.1) is 11.1 Å². The number of aromatic nitrogens is 1. The molecule has 1 aromatic heterocycles. The molecule has 6 nitrogen and oxygen atoms in total. The maximum absolute atomic E-state index is 12.3. The van der Waals surface area contributed by atoms with Crippen molar-refractivity contribution in [3.63, 3.8) is 0 Å². The van der Waals surface area contributed by atoms with Crippen LogP contribution in [0.4, 0.5) is 0 Å². The molecule has 1 atom stereocenters. The maximum atomic E-state index is 12.3. The van der Waals surface area contributed by atoms with E-state index in [-0.39, 0.29) is 23.7 Å². The minimum Gasteiger partial charge on any atom is -0.480 e. The molecule has 0 aliphatic rings. The van der Waals surface area contributed by atoms with Crippen LogP contribution in [0.25, 0.3) is 10.9 Å². The molecule has 0 aliphatic heterocycles. The highest BCUT2D eigenvalue weighted by Gasteiger charge is 2.21. The molecule has 0 saturated carbocycles. The van der Waals surface area contributed by atoms with Crippen molar-refractivity contribution >= 4 is 34.4 Å². The van der Waals surface area contributed by atoms with Gasteiger partial charge in [-0.3, -0.25) is 4.79 Å². The molecular weight excluding hydrogens is 296 g/mol. The fourth-order valence-electron chi connectivity index (χ4n) is 1.95. The summed E-state index contributed by atoms with van der Waals surface area (Å²) >= 11 is 5.88. The first kappa shape index (κ1) is 15.2. The Bertz CT molecular complexity index is 690. The van der Waals surface area contributed by atoms with Gasteiger partial charge in [0, 0.05) is 18.4 Å². The number of aliphatic hydroxyl groups excluding tert-OH is 1. The zero-order valence-electron chi connectivity index (χ0n) is 10.9. The molecule has 0 unspecified atom stereocenters. The van der Waals surface area contributed by atoms with Gasteiger partial charge < -0.3 is 15.5 Å². The van der Waals surface area contributed by atoms with Gasteiger partial charge in [0.25, 0.3) is 5.91 Å². The number of nitrogens with zero attached hydrogens (tertiary/aromatic N) is 1. The number of benzene rings is 1. The number of carbonyl (C=O) groups excluding carboxylic acids is 1. The zero-order chi connectivity index (χ0) is 15.4. The third-order valence-electron chi connectivity index (χ3n) is 2.95. The van der Waals surface area contributed by atoms with E-state index in [2.05, 4.69) is 10.3 Å². The lowest BCUT2D eigenvalue weighted by atomic mass is 10.1. The van der Waals surface area contributed by atoms with Crippen LogP contribution < -0.4 is 5.32 Å². The second kappa shape index (κ2) is 6.51. The molecule has 0 radical (unpaired) electrons. The van der Waals surface area contributed by atoms with Crippen molar-refractivity contribution in [2.45, 2.75) is 12.5 Å². The molecule has 7 heteroatoms. The number of para-hydroxylation sites is 1. The van der Waals surface area contributed by atoms with Gasteiger partial charge in [-0.1, -0.05) is 29.8 Å². The van der Waals surface area contributed by atoms with E-state index in [1.165, 1.54) is 6.07 Å². The zero-order valence-corrected chi connectivity index (χ0v) is 11.7. The van der Waals surface area contributed by atoms with E-state index in [4.69, 9.17) is 21.8 Å². The van der Waals surface area contributed by atoms with Crippen molar-refractivity contribution in [2.75, 3.05) is 6.61 Å². The monoisotopic (exact) mass is 308 g/mol. The van der Waals surface area contributed by atoms with Crippen molar-refractivity contribution in [2.24, 2.45) is 0 Å². The number of carboxylic acids is 1. The maximum Gasteiger partial charge on any atom is 0.326 e. The van der Waals surface area contributed by atoms with Gasteiger partial charge in [-0.05, 0) is 12.1 Å². The molecule has 110 valence electrons. The van der Waals surface area contributed by atoms with Crippen molar-refractivity contribution in [3.05, 3.63) is 41.0 Å². The molecule has 1 aromatic carbocycles. The van der Waals surface area contributed by atoms with Gasteiger partial charge in [0.2, 0.25) is 0 Å². The Morgan fingerprint density at radius 3 is 2.71 bits per heavy atom. The average molecular weight is 309 g/mol. The van der Waals surface area contributed by atoms with Crippen LogP contribution in [0.1, 0.15) is 16.8 Å². The summed E-state index contributed by atoms with van der Waals surface area (Å²) in [5, 5.41) is 20.9. The van der Waals surface area contributed by atoms with Gasteiger partial charge in [0.15, 0.2) is 0 Å². The van der Waals surface area contributed by atoms with Crippen LogP contribution >= 0.6 is 11.6 Å². The van der Waals surface area contributed by atoms with E-state index in [9.17, 15) is 9.59 Å². The van der Waals surface area contributed by atoms with Crippen LogP contribution in [0.5, 0.6) is 0 Å². The van der Waals surface area contributed by atoms with Gasteiger partial charge in [-0.2, -0.15) is 0 Å². The molecule has 0 fully saturated rings. The number of nitrogens with one attached hydrogen (secondary N) is 1. The quantitative estimate of drug-likeness (QED) is 0.726. The van der Waals surface area contributed by atoms with Gasteiger partial charge >= 0.3 is 5.97 Å². The van der Waals surface area contributed by atoms with Crippen LogP contribution in [0.2, 0.25) is 5.15 Å². The summed E-state index contributed by atoms with van der Waals surface area (Å²) in [4.78, 5) is 27.4. The molecule has 21 heavy (non-hydrogen) atoms. The fraction of sp³-hybridized carbons (Fsp3) is 0.214. The summed E-state index contributed by atoms with van der Waals surface area (Å²) in [6, 6.07) is 7.15. The summed E-state index contributed by atoms with van der Waals surface area (Å²) in [5.41, 5.74) is 0.791. The molecule has 0 aliphatic carbocycles. The van der Waals surface area contributed by atoms with E-state index < -0.39 is 17.9 Å². The van der Waals surface area contributed by atoms with Crippen LogP contribution in [-0.2, 0) is 4.79 Å². The Kier molecular flexibility index (Phi) is 4.72. The van der Waals surface area contributed by atoms with Crippen LogP contribution in [0, 0.1) is 0 Å². The summed E-state index contributed by atoms with van der Waals surface area (Å²) in [6.45, 7) is -0.338. The number of amides is 1. The summed E-state index contributed by atoms with van der Waals surface area (Å²) in [7, 11) is 0. The number of halogens is 1. The van der Waals surface area contributed by atoms with Crippen LogP contribution in [-0.4, -0.2) is 39.7 Å². The third kappa shape index (κ3) is 3.48. The summed E-state index contributed by atoms with van der Waals surface area (Å²) in [6.07, 6.45) is -0.0716. The molecule has 2 aromatic rings. The average Bonchev–Trinajstić information content (AvgIpc) is 2.45. The first-order valence-electron chi connectivity index (χ1n) is 6.22. The van der Waals surface area contributed by atoms with Crippen LogP contribution in [0.15, 0.2) is 30.3 Å². The smallest absolute Gasteiger partial charge is 0.326 e. The lowest BCUT2D eigenvalue weighted by molar-refractivity contribution is -0.139. The number of fused-ring (bicyclic) bond motifs is 1. The first-order valence-corrected chi connectivity index (χ1v) is 6.60. The largest absolute Gasteiger partial charge is 0.480 e. The lowest BCUT2D eigenvalue weighted by Gasteiger charge is -2.14. The number of pyridine rings is 1. The first-order chi connectivity index (χ1) is 10.0. The molecule has 1 amide bonds. The topological polar surface area (TPSA) is 99.5 Å². The standard InChI is InChI=1S/C14H13ClN2O4/c15-12-7-9(8-3-1-2-4-10(8)16-12)13(19)17-11(5-6-18)14(20)21/h1-4,7,11,18H,5-6H2,(H,17,19)(H,20,21)/t11-/m1/s1. The predicted octanol–water partition coefficient (Wildman–Crippen LogP) is 1.45. The highest BCUT2D eigenvalue weighted by Crippen LogP contribution is 2.20. The number of aliphatic carboxylic acids is 1. The Morgan fingerprint density at radius 1 is 1.33 bits per heavy atom. The van der Waals surface area contributed by atoms with Crippen molar-refractivity contribution in [1.82, 2.24) is 10.3 Å². The van der Waals surface area contributed by atoms with E-state index in [0.29, 0.717) is 10.9 Å². The molecule has 2 rings (SSSR count). The van der Waals surface area contributed by atoms with E-state index >= 15 is 0 Å². The normalized spacial score (nSPS) is 12.1. The van der Waals surface area contributed by atoms with E-state index in [1.807, 2.05) is 0 Å². The molecule has 0 spiro atoms. The Balaban J connectivity index is 2.37. The van der Waals surface area contributed by atoms with E-state index in [1.54, 1.807) is 24.3 Å². The SMILES string of the molecule is O=C(N[C@H](CCO)C(=O)O)c1cc(Cl)nc2ccccc12. The van der Waals surface area contributed by atoms with Gasteiger partial charge in [-0.15, -0.1) is 0 Å². The number of rotatable bonds is 5. The Labute approximate surface area is 125 Å². The van der Waals surface area contributed by atoms with Gasteiger partial charge in [-0.25, -0.2) is 9.78 Å². The number of hydrogen-bond donors (Lipinski definition) is 3. The highest BCUT2D eigenvalue weighted by atomic mass is 35.5. The Morgan fingerprint density at radius 2 is 2.05 bits per heavy atom. The van der Waals surface area contributed by atoms with Crippen molar-refractivity contribution in [1.29, 1.82) is 0 Å². The van der Waals surface area contributed by atoms with Crippen molar-refractivity contribution < 1.29 is 19.8 Å². The number of aliphatic hydroxyl groups is 1. The molecule has 1 heterocycles. The molecule has 0 bridgehead atoms. The Hall–Kier alpha value is -2.18. The minimum atomic E-state index is -1.21. The highest BCUT2D eigenvalue weighted by molar-refractivity contribution is 6.30. The lowest BCUT2D eigenvalue weighted by Crippen LogP contribution is -2.41. The number of hydrogen-bond acceptors (Lipinski definition) is 4. The second-order valence-corrected chi connectivity index (χ2v) is 4.77. The number of carboxylic acid groups (broad SMARTS) is 1. The van der Waals surface area contributed by atoms with Gasteiger partial charge in [0.1, 0.15) is 11.2 Å². The molecule has 0 saturated heterocycles. The number of carbonyl (C=O) groups is 2. The second-order valence-electron chi connectivity index (χ2n) is 4.39. The van der Waals surface area contributed by atoms with E-state index in [0.717, 1.165) is 0 Å².